The van der Waals surface area contributed by atoms with E-state index < -0.39 is 186 Å². The first kappa shape index (κ1) is 88.0. The third-order valence-corrected chi connectivity index (χ3v) is 15.8. The molecule has 0 radical (unpaired) electrons. The molecule has 2 rings (SSSR count). The van der Waals surface area contributed by atoms with Crippen LogP contribution < -0.4 is 97.4 Å². The number of nitrogens with zero attached hydrogens (tertiary/aromatic N) is 4. The summed E-state index contributed by atoms with van der Waals surface area (Å²) in [6.07, 6.45) is 4.71. The highest BCUT2D eigenvalue weighted by molar-refractivity contribution is 7.98. The minimum Gasteiger partial charge on any atom is -0.379 e. The van der Waals surface area contributed by atoms with E-state index in [1.165, 1.54) is 29.7 Å². The summed E-state index contributed by atoms with van der Waals surface area (Å²) in [7, 11) is 0. The number of guanidine groups is 1. The van der Waals surface area contributed by atoms with Crippen molar-refractivity contribution in [1.82, 2.24) is 74.0 Å². The van der Waals surface area contributed by atoms with Crippen LogP contribution in [0.2, 0.25) is 0 Å². The summed E-state index contributed by atoms with van der Waals surface area (Å²) in [5, 5.41) is 58.3. The lowest BCUT2D eigenvalue weighted by molar-refractivity contribution is -0.393. The molecule has 41 heteroatoms. The molecule has 1 heterocycles. The number of thioether (sulfide) groups is 1. The minimum absolute atomic E-state index is 0.0290. The predicted molar refractivity (Wildman–Crippen MR) is 374 cm³/mol. The fourth-order valence-corrected chi connectivity index (χ4v) is 10.6. The Morgan fingerprint density at radius 1 is 0.578 bits per heavy atom. The number of rotatable bonds is 50. The van der Waals surface area contributed by atoms with Gasteiger partial charge in [0.25, 0.3) is 11.4 Å². The van der Waals surface area contributed by atoms with Crippen LogP contribution >= 0.6 is 11.8 Å². The average molecular weight is 1460 g/mol. The van der Waals surface area contributed by atoms with Crippen LogP contribution in [0.5, 0.6) is 0 Å². The Bertz CT molecular complexity index is 3080. The molecule has 0 aromatic heterocycles. The molecular formula is C61H102N22O18S. The molecular weight excluding hydrogens is 1360 g/mol. The standard InChI is InChI=1S/C61H102N22O18S/c1-35(2)25-43(57(94)72-30-50(87)70-28-48(85)69-29-49(86)71-31-51(88)76-40(55(63)92)13-7-9-20-62)78-53(90)33-73-56(93)41(14-11-22-67-61(64)65)79-59(96)42(19-24-102-6)77-52(89)32-74-58(95)44(26-36(3)4)80-60(97)45-15-12-23-81(45)54(91)34-68-47(75-37(5)84)16-8-10-21-66-39-18-17-38(82(98)99)27-46(39)83(100)101/h17-18,27,35-36,40-45,47,66,68H,7-16,19-26,28-34,62H2,1-6H3,(H2,63,92)(H,69,85)(H,70,87)(H,71,86)(H,72,94)(H,73,93)(H,74,95)(H,75,84)(H,76,88)(H,77,89)(H,78,90)(H,79,96)(H,80,97)(H4,64,65,67)/t40-,41-,42-,43-,44-,45-,47?/m0/s1. The van der Waals surface area contributed by atoms with E-state index in [0.717, 1.165) is 12.1 Å². The lowest BCUT2D eigenvalue weighted by Crippen LogP contribution is -2.57. The summed E-state index contributed by atoms with van der Waals surface area (Å²) in [5.74, 6) is -10.4. The number of carbonyl (C=O) groups excluding carboxylic acids is 14. The molecule has 1 aliphatic rings. The fraction of sp³-hybridized carbons (Fsp3) is 0.656. The number of unbranched alkanes of at least 4 members (excludes halogenated alkanes) is 2. The number of anilines is 1. The number of non-ortho nitro benzene ring substituents is 1. The van der Waals surface area contributed by atoms with Gasteiger partial charge in [-0.15, -0.1) is 0 Å². The van der Waals surface area contributed by atoms with E-state index >= 15 is 0 Å². The molecule has 102 heavy (non-hydrogen) atoms. The molecule has 1 saturated heterocycles. The molecule has 570 valence electrons. The van der Waals surface area contributed by atoms with Gasteiger partial charge in [0.15, 0.2) is 5.96 Å². The second-order valence-electron chi connectivity index (χ2n) is 24.7. The molecule has 0 saturated carbocycles. The second kappa shape index (κ2) is 47.9. The smallest absolute Gasteiger partial charge is 0.299 e. The maximum absolute atomic E-state index is 14.0. The van der Waals surface area contributed by atoms with E-state index in [2.05, 4.69) is 79.4 Å². The van der Waals surface area contributed by atoms with Gasteiger partial charge >= 0.3 is 0 Å². The maximum atomic E-state index is 14.0. The van der Waals surface area contributed by atoms with Crippen LogP contribution in [0, 0.1) is 32.1 Å². The molecule has 7 atom stereocenters. The molecule has 0 bridgehead atoms. The first-order valence-electron chi connectivity index (χ1n) is 33.4. The van der Waals surface area contributed by atoms with Gasteiger partial charge in [0, 0.05) is 32.6 Å². The molecule has 0 spiro atoms. The number of carbonyl (C=O) groups is 14. The van der Waals surface area contributed by atoms with E-state index in [9.17, 15) is 87.4 Å². The van der Waals surface area contributed by atoms with Crippen molar-refractivity contribution in [2.75, 3.05) is 89.3 Å². The number of nitro benzene ring substituents is 2. The Hall–Kier alpha value is -10.1. The van der Waals surface area contributed by atoms with Gasteiger partial charge < -0.3 is 97.0 Å². The van der Waals surface area contributed by atoms with Gasteiger partial charge in [-0.3, -0.25) is 97.7 Å². The zero-order valence-corrected chi connectivity index (χ0v) is 59.3. The van der Waals surface area contributed by atoms with Crippen LogP contribution in [-0.2, 0) is 67.1 Å². The Morgan fingerprint density at radius 2 is 1.08 bits per heavy atom. The molecule has 1 unspecified atom stereocenters. The normalized spacial score (nSPS) is 14.1. The number of amides is 14. The number of benzene rings is 1. The van der Waals surface area contributed by atoms with Crippen molar-refractivity contribution >= 4 is 117 Å². The van der Waals surface area contributed by atoms with Crippen LogP contribution in [0.1, 0.15) is 118 Å². The zero-order valence-electron chi connectivity index (χ0n) is 58.5. The number of aliphatic imine (C=N–C) groups is 1. The third-order valence-electron chi connectivity index (χ3n) is 15.1. The first-order valence-corrected chi connectivity index (χ1v) is 34.8. The quantitative estimate of drug-likeness (QED) is 0.00724. The van der Waals surface area contributed by atoms with Crippen molar-refractivity contribution in [2.24, 2.45) is 39.8 Å². The van der Waals surface area contributed by atoms with E-state index in [0.29, 0.717) is 50.8 Å². The van der Waals surface area contributed by atoms with Gasteiger partial charge in [0.1, 0.15) is 41.9 Å². The highest BCUT2D eigenvalue weighted by atomic mass is 32.2. The third kappa shape index (κ3) is 36.3. The Morgan fingerprint density at radius 3 is 1.60 bits per heavy atom. The summed E-state index contributed by atoms with van der Waals surface area (Å²) >= 11 is 1.34. The van der Waals surface area contributed by atoms with Crippen LogP contribution in [0.4, 0.5) is 17.1 Å². The number of nitrogens with one attached hydrogen (secondary N) is 14. The largest absolute Gasteiger partial charge is 0.379 e. The topological polar surface area (TPSA) is 613 Å². The van der Waals surface area contributed by atoms with Crippen molar-refractivity contribution in [2.45, 2.75) is 161 Å². The van der Waals surface area contributed by atoms with Crippen molar-refractivity contribution in [3.8, 4) is 0 Å². The predicted octanol–water partition coefficient (Wildman–Crippen LogP) is -5.24. The van der Waals surface area contributed by atoms with Crippen LogP contribution in [0.3, 0.4) is 0 Å². The molecule has 40 nitrogen and oxygen atoms in total. The molecule has 1 aliphatic heterocycles. The van der Waals surface area contributed by atoms with Crippen LogP contribution in [0.25, 0.3) is 0 Å². The van der Waals surface area contributed by atoms with Crippen LogP contribution in [0.15, 0.2) is 23.2 Å². The molecule has 1 aromatic carbocycles. The molecule has 0 aliphatic carbocycles. The molecule has 14 amide bonds. The van der Waals surface area contributed by atoms with Crippen molar-refractivity contribution in [3.05, 3.63) is 38.4 Å². The number of primary amides is 1. The second-order valence-corrected chi connectivity index (χ2v) is 25.6. The fourth-order valence-electron chi connectivity index (χ4n) is 10.1. The average Bonchev–Trinajstić information content (AvgIpc) is 1.53. The van der Waals surface area contributed by atoms with Crippen LogP contribution in [-0.4, -0.2) is 230 Å². The Balaban J connectivity index is 2.02. The molecule has 1 aromatic rings. The number of likely N-dealkylation sites (tertiary alicyclic amines) is 1. The number of nitrogens with two attached hydrogens (primary N) is 4. The summed E-state index contributed by atoms with van der Waals surface area (Å²) in [4.78, 5) is 209. The maximum Gasteiger partial charge on any atom is 0.299 e. The number of nitro groups is 2. The summed E-state index contributed by atoms with van der Waals surface area (Å²) in [5.41, 5.74) is 20.9. The zero-order chi connectivity index (χ0) is 76.4. The van der Waals surface area contributed by atoms with Gasteiger partial charge in [0.2, 0.25) is 82.7 Å². The summed E-state index contributed by atoms with van der Waals surface area (Å²) in [6, 6.07) is -3.71. The Labute approximate surface area is 594 Å². The summed E-state index contributed by atoms with van der Waals surface area (Å²) in [6.45, 7) is 5.27. The minimum atomic E-state index is -1.34. The van der Waals surface area contributed by atoms with Gasteiger partial charge in [-0.1, -0.05) is 27.7 Å². The SMILES string of the molecule is CSCC[C@H](NC(=O)CNC(=O)[C@H](CC(C)C)NC(=O)[C@@H]1CCCN1C(=O)CNC(CCCCNc1ccc([N+](=O)[O-])cc1[N+](=O)[O-])NC(C)=O)C(=O)N[C@@H](CCCN=C(N)N)C(=O)NCC(=O)N[C@@H](CC(C)C)C(=O)NCC(=O)NCC(=O)NCC(=O)NCC(=O)N[C@@H](CCCCN)C(N)=O. The lowest BCUT2D eigenvalue weighted by Gasteiger charge is -2.28. The first-order chi connectivity index (χ1) is 48.2. The van der Waals surface area contributed by atoms with Crippen molar-refractivity contribution in [3.63, 3.8) is 0 Å². The monoisotopic (exact) mass is 1460 g/mol. The van der Waals surface area contributed by atoms with E-state index in [1.807, 2.05) is 0 Å². The van der Waals surface area contributed by atoms with E-state index in [4.69, 9.17) is 22.9 Å². The summed E-state index contributed by atoms with van der Waals surface area (Å²) < 4.78 is 0. The lowest BCUT2D eigenvalue weighted by atomic mass is 10.0. The highest BCUT2D eigenvalue weighted by Crippen LogP contribution is 2.29. The number of hydrogen-bond donors (Lipinski definition) is 18. The van der Waals surface area contributed by atoms with Gasteiger partial charge in [-0.05, 0) is 120 Å². The van der Waals surface area contributed by atoms with Crippen molar-refractivity contribution < 1.29 is 77.0 Å². The van der Waals surface area contributed by atoms with E-state index in [-0.39, 0.29) is 94.6 Å². The Kier molecular flexibility index (Phi) is 41.3. The molecule has 22 N–H and O–H groups in total. The van der Waals surface area contributed by atoms with Crippen molar-refractivity contribution in [1.29, 1.82) is 0 Å². The van der Waals surface area contributed by atoms with E-state index in [1.54, 1.807) is 34.0 Å². The van der Waals surface area contributed by atoms with Gasteiger partial charge in [-0.2, -0.15) is 11.8 Å². The highest BCUT2D eigenvalue weighted by Gasteiger charge is 2.37. The molecule has 1 fully saturated rings. The van der Waals surface area contributed by atoms with Gasteiger partial charge in [0.05, 0.1) is 67.9 Å². The number of hydrogen-bond acceptors (Lipinski definition) is 23. The van der Waals surface area contributed by atoms with Gasteiger partial charge in [-0.25, -0.2) is 0 Å².